The van der Waals surface area contributed by atoms with Gasteiger partial charge in [-0.25, -0.2) is 4.79 Å². The number of fused-ring (bicyclic) bond motifs is 1. The lowest BCUT2D eigenvalue weighted by Gasteiger charge is -2.20. The van der Waals surface area contributed by atoms with Gasteiger partial charge in [-0.05, 0) is 44.5 Å². The molecule has 0 saturated heterocycles. The molecule has 0 fully saturated rings. The molecule has 0 radical (unpaired) electrons. The highest BCUT2D eigenvalue weighted by Gasteiger charge is 2.29. The van der Waals surface area contributed by atoms with E-state index in [0.717, 1.165) is 5.56 Å². The van der Waals surface area contributed by atoms with Crippen LogP contribution in [0.1, 0.15) is 43.1 Å². The summed E-state index contributed by atoms with van der Waals surface area (Å²) in [5, 5.41) is 11.9. The molecule has 1 atom stereocenters. The molecule has 0 spiro atoms. The lowest BCUT2D eigenvalue weighted by Crippen LogP contribution is -2.39. The highest BCUT2D eigenvalue weighted by atomic mass is 16.6. The number of amides is 1. The van der Waals surface area contributed by atoms with Crippen LogP contribution in [-0.4, -0.2) is 46.5 Å². The van der Waals surface area contributed by atoms with Crippen LogP contribution in [0.3, 0.4) is 0 Å². The number of rotatable bonds is 3. The van der Waals surface area contributed by atoms with E-state index in [1.807, 2.05) is 0 Å². The number of nitrogens with one attached hydrogen (secondary N) is 1. The van der Waals surface area contributed by atoms with Crippen molar-refractivity contribution in [2.45, 2.75) is 45.4 Å². The molecule has 7 heteroatoms. The third kappa shape index (κ3) is 4.24. The topological polar surface area (TPSA) is 95.9 Å². The highest BCUT2D eigenvalue weighted by Crippen LogP contribution is 2.25. The first-order valence-electron chi connectivity index (χ1n) is 7.66. The number of carboxylic acid groups (broad SMARTS) is 1. The van der Waals surface area contributed by atoms with Crippen molar-refractivity contribution in [1.82, 2.24) is 4.90 Å². The maximum atomic E-state index is 12.3. The Kier molecular flexibility index (Phi) is 4.82. The van der Waals surface area contributed by atoms with E-state index in [4.69, 9.17) is 9.84 Å². The Morgan fingerprint density at radius 2 is 2.04 bits per heavy atom. The summed E-state index contributed by atoms with van der Waals surface area (Å²) in [7, 11) is 1.61. The molecule has 0 saturated carbocycles. The predicted molar refractivity (Wildman–Crippen MR) is 87.7 cm³/mol. The van der Waals surface area contributed by atoms with Crippen LogP contribution in [0.5, 0.6) is 0 Å². The van der Waals surface area contributed by atoms with Gasteiger partial charge >= 0.3 is 11.9 Å². The number of anilines is 1. The van der Waals surface area contributed by atoms with Crippen LogP contribution >= 0.6 is 0 Å². The summed E-state index contributed by atoms with van der Waals surface area (Å²) in [4.78, 5) is 36.8. The molecule has 130 valence electrons. The van der Waals surface area contributed by atoms with E-state index in [9.17, 15) is 14.4 Å². The molecule has 7 nitrogen and oxygen atoms in total. The highest BCUT2D eigenvalue weighted by molar-refractivity contribution is 5.92. The molecule has 1 amide bonds. The molecule has 1 aliphatic heterocycles. The van der Waals surface area contributed by atoms with E-state index >= 15 is 0 Å². The van der Waals surface area contributed by atoms with Gasteiger partial charge in [0.05, 0.1) is 12.0 Å². The van der Waals surface area contributed by atoms with Gasteiger partial charge in [-0.2, -0.15) is 0 Å². The zero-order chi connectivity index (χ0) is 18.1. The number of likely N-dealkylation sites (N-methyl/N-ethyl adjacent to an activating group) is 1. The third-order valence-corrected chi connectivity index (χ3v) is 3.53. The lowest BCUT2D eigenvalue weighted by molar-refractivity contribution is -0.141. The van der Waals surface area contributed by atoms with Gasteiger partial charge in [0.1, 0.15) is 11.6 Å². The molecule has 2 rings (SSSR count). The van der Waals surface area contributed by atoms with Crippen LogP contribution in [0.25, 0.3) is 0 Å². The first-order valence-corrected chi connectivity index (χ1v) is 7.66. The van der Waals surface area contributed by atoms with Gasteiger partial charge in [-0.15, -0.1) is 0 Å². The molecule has 1 aromatic rings. The van der Waals surface area contributed by atoms with Crippen molar-refractivity contribution >= 4 is 23.5 Å². The molecule has 0 bridgehead atoms. The smallest absolute Gasteiger partial charge is 0.338 e. The summed E-state index contributed by atoms with van der Waals surface area (Å²) in [5.41, 5.74) is 1.18. The van der Waals surface area contributed by atoms with Crippen molar-refractivity contribution in [1.29, 1.82) is 0 Å². The van der Waals surface area contributed by atoms with E-state index in [1.165, 1.54) is 4.90 Å². The standard InChI is InChI=1S/C17H22N2O5/c1-17(2,3)24-16(23)10-5-6-12-11(7-10)9-19(4)15(22)13(18-12)8-14(20)21/h5-7,13,18H,8-9H2,1-4H3,(H,20,21). The van der Waals surface area contributed by atoms with Crippen molar-refractivity contribution in [2.24, 2.45) is 0 Å². The van der Waals surface area contributed by atoms with Crippen LogP contribution in [0.2, 0.25) is 0 Å². The van der Waals surface area contributed by atoms with Crippen LogP contribution in [0.15, 0.2) is 18.2 Å². The third-order valence-electron chi connectivity index (χ3n) is 3.53. The second kappa shape index (κ2) is 6.51. The fraction of sp³-hybridized carbons (Fsp3) is 0.471. The summed E-state index contributed by atoms with van der Waals surface area (Å²) in [6.45, 7) is 5.66. The Bertz CT molecular complexity index is 678. The molecular formula is C17H22N2O5. The van der Waals surface area contributed by atoms with Crippen molar-refractivity contribution < 1.29 is 24.2 Å². The molecule has 1 aromatic carbocycles. The number of carbonyl (C=O) groups is 3. The zero-order valence-corrected chi connectivity index (χ0v) is 14.3. The summed E-state index contributed by atoms with van der Waals surface area (Å²) in [5.74, 6) is -1.79. The largest absolute Gasteiger partial charge is 0.481 e. The van der Waals surface area contributed by atoms with E-state index in [0.29, 0.717) is 11.3 Å². The Balaban J connectivity index is 2.30. The van der Waals surface area contributed by atoms with E-state index in [1.54, 1.807) is 46.0 Å². The summed E-state index contributed by atoms with van der Waals surface area (Å²) in [6.07, 6.45) is -0.309. The maximum Gasteiger partial charge on any atom is 0.338 e. The molecule has 1 unspecified atom stereocenters. The number of carbonyl (C=O) groups excluding carboxylic acids is 2. The molecular weight excluding hydrogens is 312 g/mol. The number of benzene rings is 1. The number of aliphatic carboxylic acids is 1. The van der Waals surface area contributed by atoms with Gasteiger partial charge in [0.25, 0.3) is 0 Å². The Morgan fingerprint density at radius 1 is 1.38 bits per heavy atom. The molecule has 0 aliphatic carbocycles. The van der Waals surface area contributed by atoms with Crippen LogP contribution in [0, 0.1) is 0 Å². The van der Waals surface area contributed by atoms with E-state index in [2.05, 4.69) is 5.32 Å². The average Bonchev–Trinajstić information content (AvgIpc) is 2.55. The number of carboxylic acids is 1. The zero-order valence-electron chi connectivity index (χ0n) is 14.3. The van der Waals surface area contributed by atoms with Crippen LogP contribution in [-0.2, 0) is 20.9 Å². The van der Waals surface area contributed by atoms with Gasteiger partial charge in [0.15, 0.2) is 0 Å². The van der Waals surface area contributed by atoms with Crippen LogP contribution in [0.4, 0.5) is 5.69 Å². The number of hydrogen-bond acceptors (Lipinski definition) is 5. The minimum Gasteiger partial charge on any atom is -0.481 e. The second-order valence-corrected chi connectivity index (χ2v) is 6.86. The molecule has 1 aliphatic rings. The van der Waals surface area contributed by atoms with E-state index < -0.39 is 23.6 Å². The quantitative estimate of drug-likeness (QED) is 0.819. The Hall–Kier alpha value is -2.57. The number of esters is 1. The Morgan fingerprint density at radius 3 is 2.62 bits per heavy atom. The summed E-state index contributed by atoms with van der Waals surface area (Å²) < 4.78 is 5.35. The summed E-state index contributed by atoms with van der Waals surface area (Å²) in [6, 6.07) is 4.12. The van der Waals surface area contributed by atoms with Gasteiger partial charge < -0.3 is 20.1 Å². The first-order chi connectivity index (χ1) is 11.1. The summed E-state index contributed by atoms with van der Waals surface area (Å²) >= 11 is 0. The number of hydrogen-bond donors (Lipinski definition) is 2. The normalized spacial score (nSPS) is 17.6. The van der Waals surface area contributed by atoms with Crippen molar-refractivity contribution in [2.75, 3.05) is 12.4 Å². The first kappa shape index (κ1) is 17.8. The minimum atomic E-state index is -1.05. The SMILES string of the molecule is CN1Cc2cc(C(=O)OC(C)(C)C)ccc2NC(CC(=O)O)C1=O. The lowest BCUT2D eigenvalue weighted by atomic mass is 10.1. The van der Waals surface area contributed by atoms with E-state index in [-0.39, 0.29) is 18.9 Å². The average molecular weight is 334 g/mol. The van der Waals surface area contributed by atoms with Gasteiger partial charge in [-0.3, -0.25) is 9.59 Å². The van der Waals surface area contributed by atoms with Crippen molar-refractivity contribution in [3.05, 3.63) is 29.3 Å². The molecule has 24 heavy (non-hydrogen) atoms. The second-order valence-electron chi connectivity index (χ2n) is 6.86. The van der Waals surface area contributed by atoms with Gasteiger partial charge in [0, 0.05) is 19.3 Å². The fourth-order valence-electron chi connectivity index (χ4n) is 2.49. The van der Waals surface area contributed by atoms with Crippen molar-refractivity contribution in [3.63, 3.8) is 0 Å². The predicted octanol–water partition coefficient (Wildman–Crippen LogP) is 1.87. The van der Waals surface area contributed by atoms with Crippen molar-refractivity contribution in [3.8, 4) is 0 Å². The number of nitrogens with zero attached hydrogens (tertiary/aromatic N) is 1. The number of ether oxygens (including phenoxy) is 1. The Labute approximate surface area is 140 Å². The van der Waals surface area contributed by atoms with Gasteiger partial charge in [0.2, 0.25) is 5.91 Å². The molecule has 0 aromatic heterocycles. The van der Waals surface area contributed by atoms with Crippen LogP contribution < -0.4 is 5.32 Å². The fourth-order valence-corrected chi connectivity index (χ4v) is 2.49. The van der Waals surface area contributed by atoms with Gasteiger partial charge in [-0.1, -0.05) is 0 Å². The minimum absolute atomic E-state index is 0.286. The monoisotopic (exact) mass is 334 g/mol. The maximum absolute atomic E-state index is 12.3. The molecule has 2 N–H and O–H groups in total. The molecule has 1 heterocycles.